The van der Waals surface area contributed by atoms with Gasteiger partial charge in [0.15, 0.2) is 0 Å². The van der Waals surface area contributed by atoms with Crippen molar-refractivity contribution in [2.75, 3.05) is 0 Å². The fourth-order valence-electron chi connectivity index (χ4n) is 3.30. The zero-order valence-corrected chi connectivity index (χ0v) is 13.6. The van der Waals surface area contributed by atoms with E-state index in [0.717, 1.165) is 43.3 Å². The van der Waals surface area contributed by atoms with Crippen molar-refractivity contribution in [2.45, 2.75) is 6.61 Å². The molecule has 24 heavy (non-hydrogen) atoms. The zero-order valence-electron chi connectivity index (χ0n) is 12.8. The first-order valence-corrected chi connectivity index (χ1v) is 8.69. The van der Waals surface area contributed by atoms with Gasteiger partial charge in [-0.05, 0) is 35.0 Å². The van der Waals surface area contributed by atoms with E-state index in [1.54, 1.807) is 11.3 Å². The maximum atomic E-state index is 9.60. The van der Waals surface area contributed by atoms with Crippen LogP contribution >= 0.6 is 11.3 Å². The van der Waals surface area contributed by atoms with E-state index in [2.05, 4.69) is 42.5 Å². The van der Waals surface area contributed by atoms with E-state index in [1.165, 1.54) is 5.39 Å². The van der Waals surface area contributed by atoms with Crippen molar-refractivity contribution < 1.29 is 9.84 Å². The van der Waals surface area contributed by atoms with Gasteiger partial charge in [0.25, 0.3) is 0 Å². The van der Waals surface area contributed by atoms with Gasteiger partial charge < -0.3 is 9.84 Å². The Bertz CT molecular complexity index is 1080. The first-order chi connectivity index (χ1) is 11.8. The molecule has 0 unspecified atom stereocenters. The Labute approximate surface area is 143 Å². The quantitative estimate of drug-likeness (QED) is 0.419. The molecule has 1 N–H and O–H groups in total. The molecule has 2 heterocycles. The summed E-state index contributed by atoms with van der Waals surface area (Å²) in [5, 5.41) is 12.0. The van der Waals surface area contributed by atoms with Crippen molar-refractivity contribution >= 4 is 22.1 Å². The van der Waals surface area contributed by atoms with Gasteiger partial charge in [0.05, 0.1) is 6.61 Å². The van der Waals surface area contributed by atoms with Gasteiger partial charge in [-0.15, -0.1) is 11.3 Å². The number of para-hydroxylation sites is 1. The van der Waals surface area contributed by atoms with E-state index in [4.69, 9.17) is 4.74 Å². The predicted molar refractivity (Wildman–Crippen MR) is 98.7 cm³/mol. The molecule has 0 bridgehead atoms. The lowest BCUT2D eigenvalue weighted by Gasteiger charge is -2.10. The molecule has 0 saturated heterocycles. The van der Waals surface area contributed by atoms with Crippen LogP contribution in [-0.2, 0) is 6.61 Å². The molecular weight excluding hydrogens is 316 g/mol. The second kappa shape index (κ2) is 5.20. The summed E-state index contributed by atoms with van der Waals surface area (Å²) in [6.45, 7) is 0.0591. The number of aliphatic hydroxyl groups is 1. The van der Waals surface area contributed by atoms with E-state index in [0.29, 0.717) is 0 Å². The van der Waals surface area contributed by atoms with Crippen LogP contribution in [0.25, 0.3) is 32.3 Å². The number of hydrogen-bond acceptors (Lipinski definition) is 3. The Balaban J connectivity index is 1.89. The van der Waals surface area contributed by atoms with Crippen molar-refractivity contribution in [3.63, 3.8) is 0 Å². The minimum Gasteiger partial charge on any atom is -0.456 e. The SMILES string of the molecule is OCc1cc2c(s1)-c1cc3ccccc3cc1Oc1ccccc1-2. The van der Waals surface area contributed by atoms with Gasteiger partial charge in [-0.3, -0.25) is 0 Å². The maximum absolute atomic E-state index is 9.60. The number of ether oxygens (including phenoxy) is 1. The van der Waals surface area contributed by atoms with Crippen LogP contribution in [0.2, 0.25) is 0 Å². The lowest BCUT2D eigenvalue weighted by atomic mass is 10.0. The summed E-state index contributed by atoms with van der Waals surface area (Å²) in [6.07, 6.45) is 0. The fourth-order valence-corrected chi connectivity index (χ4v) is 4.35. The monoisotopic (exact) mass is 330 g/mol. The summed E-state index contributed by atoms with van der Waals surface area (Å²) in [7, 11) is 0. The largest absolute Gasteiger partial charge is 0.456 e. The molecule has 3 aromatic carbocycles. The van der Waals surface area contributed by atoms with E-state index in [-0.39, 0.29) is 6.61 Å². The molecule has 116 valence electrons. The molecule has 0 atom stereocenters. The molecule has 3 heteroatoms. The first kappa shape index (κ1) is 13.8. The van der Waals surface area contributed by atoms with E-state index < -0.39 is 0 Å². The van der Waals surface area contributed by atoms with Gasteiger partial charge in [0, 0.05) is 26.4 Å². The number of benzene rings is 3. The Hall–Kier alpha value is -2.62. The van der Waals surface area contributed by atoms with Gasteiger partial charge in [-0.25, -0.2) is 0 Å². The van der Waals surface area contributed by atoms with Gasteiger partial charge in [0.2, 0.25) is 0 Å². The Morgan fingerprint density at radius 3 is 2.33 bits per heavy atom. The smallest absolute Gasteiger partial charge is 0.136 e. The van der Waals surface area contributed by atoms with Crippen LogP contribution in [0, 0.1) is 0 Å². The second-order valence-electron chi connectivity index (χ2n) is 5.91. The van der Waals surface area contributed by atoms with Crippen LogP contribution < -0.4 is 4.74 Å². The molecule has 2 nitrogen and oxygen atoms in total. The van der Waals surface area contributed by atoms with Crippen LogP contribution in [0.15, 0.2) is 66.7 Å². The molecule has 0 radical (unpaired) electrons. The number of aliphatic hydroxyl groups excluding tert-OH is 1. The molecule has 4 aromatic rings. The molecule has 1 aromatic heterocycles. The molecule has 1 aliphatic heterocycles. The van der Waals surface area contributed by atoms with Gasteiger partial charge >= 0.3 is 0 Å². The van der Waals surface area contributed by atoms with Crippen molar-refractivity contribution in [1.82, 2.24) is 0 Å². The molecular formula is C21H14O2S. The predicted octanol–water partition coefficient (Wildman–Crippen LogP) is 5.83. The first-order valence-electron chi connectivity index (χ1n) is 7.87. The average Bonchev–Trinajstić information content (AvgIpc) is 3.01. The van der Waals surface area contributed by atoms with Crippen molar-refractivity contribution in [1.29, 1.82) is 0 Å². The van der Waals surface area contributed by atoms with Crippen molar-refractivity contribution in [2.24, 2.45) is 0 Å². The summed E-state index contributed by atoms with van der Waals surface area (Å²) in [5.41, 5.74) is 3.29. The molecule has 0 saturated carbocycles. The third-order valence-corrected chi connectivity index (χ3v) is 5.58. The number of thiophene rings is 1. The minimum atomic E-state index is 0.0591. The van der Waals surface area contributed by atoms with Gasteiger partial charge in [-0.1, -0.05) is 42.5 Å². The normalized spacial score (nSPS) is 12.0. The highest BCUT2D eigenvalue weighted by molar-refractivity contribution is 7.16. The van der Waals surface area contributed by atoms with Crippen LogP contribution in [0.3, 0.4) is 0 Å². The highest BCUT2D eigenvalue weighted by Crippen LogP contribution is 2.50. The van der Waals surface area contributed by atoms with E-state index in [1.807, 2.05) is 24.3 Å². The highest BCUT2D eigenvalue weighted by Gasteiger charge is 2.23. The Kier molecular flexibility index (Phi) is 2.98. The molecule has 1 aliphatic rings. The zero-order chi connectivity index (χ0) is 16.1. The third kappa shape index (κ3) is 1.99. The molecule has 0 aliphatic carbocycles. The molecule has 0 spiro atoms. The fraction of sp³-hybridized carbons (Fsp3) is 0.0476. The number of rotatable bonds is 1. The van der Waals surface area contributed by atoms with Crippen molar-refractivity contribution in [3.05, 3.63) is 71.6 Å². The number of hydrogen-bond donors (Lipinski definition) is 1. The average molecular weight is 330 g/mol. The number of fused-ring (bicyclic) bond motifs is 6. The lowest BCUT2D eigenvalue weighted by molar-refractivity contribution is 0.285. The standard InChI is InChI=1S/C21H14O2S/c22-12-15-11-17-16-7-3-4-8-19(16)23-20-10-14-6-2-1-5-13(14)9-18(20)21(17)24-15/h1-11,22H,12H2. The third-order valence-electron chi connectivity index (χ3n) is 4.43. The van der Waals surface area contributed by atoms with Gasteiger partial charge in [0.1, 0.15) is 11.5 Å². The molecule has 0 amide bonds. The van der Waals surface area contributed by atoms with Crippen LogP contribution in [0.5, 0.6) is 11.5 Å². The summed E-state index contributed by atoms with van der Waals surface area (Å²) in [6, 6.07) is 22.8. The summed E-state index contributed by atoms with van der Waals surface area (Å²) >= 11 is 1.63. The van der Waals surface area contributed by atoms with Crippen LogP contribution in [-0.4, -0.2) is 5.11 Å². The van der Waals surface area contributed by atoms with Crippen LogP contribution in [0.1, 0.15) is 4.88 Å². The topological polar surface area (TPSA) is 29.5 Å². The highest BCUT2D eigenvalue weighted by atomic mass is 32.1. The summed E-state index contributed by atoms with van der Waals surface area (Å²) in [5.74, 6) is 1.72. The van der Waals surface area contributed by atoms with E-state index >= 15 is 0 Å². The summed E-state index contributed by atoms with van der Waals surface area (Å²) in [4.78, 5) is 2.13. The van der Waals surface area contributed by atoms with Gasteiger partial charge in [-0.2, -0.15) is 0 Å². The lowest BCUT2D eigenvalue weighted by Crippen LogP contribution is -1.87. The maximum Gasteiger partial charge on any atom is 0.136 e. The second-order valence-corrected chi connectivity index (χ2v) is 7.04. The van der Waals surface area contributed by atoms with E-state index in [9.17, 15) is 5.11 Å². The minimum absolute atomic E-state index is 0.0591. The van der Waals surface area contributed by atoms with Crippen LogP contribution in [0.4, 0.5) is 0 Å². The molecule has 5 rings (SSSR count). The molecule has 0 fully saturated rings. The Morgan fingerprint density at radius 1 is 0.750 bits per heavy atom. The van der Waals surface area contributed by atoms with Crippen molar-refractivity contribution in [3.8, 4) is 33.1 Å². The Morgan fingerprint density at radius 2 is 1.50 bits per heavy atom. The summed E-state index contributed by atoms with van der Waals surface area (Å²) < 4.78 is 6.27.